The van der Waals surface area contributed by atoms with Crippen molar-refractivity contribution in [3.05, 3.63) is 121 Å². The molecule has 0 aromatic heterocycles. The molecule has 13 heteroatoms. The van der Waals surface area contributed by atoms with Gasteiger partial charge in [-0.15, -0.1) is 0 Å². The summed E-state index contributed by atoms with van der Waals surface area (Å²) in [5.74, 6) is -1.60. The molecular weight excluding hydrogens is 700 g/mol. The van der Waals surface area contributed by atoms with Crippen LogP contribution in [0.4, 0.5) is 0 Å². The molecule has 0 spiro atoms. The second kappa shape index (κ2) is 19.7. The van der Waals surface area contributed by atoms with E-state index in [0.29, 0.717) is 30.1 Å². The molecule has 2 fully saturated rings. The molecule has 54 heavy (non-hydrogen) atoms. The van der Waals surface area contributed by atoms with Gasteiger partial charge in [0.15, 0.2) is 12.2 Å². The van der Waals surface area contributed by atoms with E-state index >= 15 is 0 Å². The zero-order chi connectivity index (χ0) is 38.3. The number of carbonyl (C=O) groups is 5. The van der Waals surface area contributed by atoms with Crippen molar-refractivity contribution in [2.45, 2.75) is 50.1 Å². The molecule has 2 aliphatic rings. The Labute approximate surface area is 312 Å². The maximum absolute atomic E-state index is 12.9. The van der Waals surface area contributed by atoms with Gasteiger partial charge in [-0.2, -0.15) is 0 Å². The number of hydrogen-bond acceptors (Lipinski definition) is 13. The van der Waals surface area contributed by atoms with E-state index in [2.05, 4.69) is 13.2 Å². The first-order chi connectivity index (χ1) is 26.2. The highest BCUT2D eigenvalue weighted by Crippen LogP contribution is 2.31. The number of rotatable bonds is 18. The number of esters is 5. The molecule has 0 unspecified atom stereocenters. The van der Waals surface area contributed by atoms with Crippen molar-refractivity contribution in [1.29, 1.82) is 0 Å². The second-order valence-electron chi connectivity index (χ2n) is 12.1. The summed E-state index contributed by atoms with van der Waals surface area (Å²) in [7, 11) is 0. The Morgan fingerprint density at radius 3 is 1.76 bits per heavy atom. The fourth-order valence-corrected chi connectivity index (χ4v) is 5.49. The summed E-state index contributed by atoms with van der Waals surface area (Å²) >= 11 is 0. The van der Waals surface area contributed by atoms with E-state index < -0.39 is 54.3 Å². The van der Waals surface area contributed by atoms with Gasteiger partial charge in [0.05, 0.1) is 37.6 Å². The molecule has 3 aromatic rings. The molecule has 282 valence electrons. The van der Waals surface area contributed by atoms with Crippen molar-refractivity contribution >= 4 is 35.9 Å². The van der Waals surface area contributed by atoms with Gasteiger partial charge in [-0.25, -0.2) is 24.0 Å². The van der Waals surface area contributed by atoms with Crippen molar-refractivity contribution in [1.82, 2.24) is 0 Å². The van der Waals surface area contributed by atoms with Gasteiger partial charge in [0.1, 0.15) is 29.5 Å². The minimum Gasteiger partial charge on any atom is -0.494 e. The Morgan fingerprint density at radius 2 is 1.13 bits per heavy atom. The van der Waals surface area contributed by atoms with Crippen molar-refractivity contribution in [3.63, 3.8) is 0 Å². The van der Waals surface area contributed by atoms with Crippen molar-refractivity contribution in [2.75, 3.05) is 26.4 Å². The summed E-state index contributed by atoms with van der Waals surface area (Å²) in [5, 5.41) is 0. The predicted molar refractivity (Wildman–Crippen MR) is 193 cm³/mol. The summed E-state index contributed by atoms with van der Waals surface area (Å²) in [5.41, 5.74) is 1.26. The van der Waals surface area contributed by atoms with E-state index in [4.69, 9.17) is 37.9 Å². The lowest BCUT2D eigenvalue weighted by molar-refractivity contribution is -0.147. The topological polar surface area (TPSA) is 159 Å². The fraction of sp³-hybridized carbons (Fsp3) is 0.293. The summed E-state index contributed by atoms with van der Waals surface area (Å²) in [6, 6.07) is 19.0. The third-order valence-corrected chi connectivity index (χ3v) is 8.27. The molecule has 0 amide bonds. The van der Waals surface area contributed by atoms with Crippen LogP contribution in [0.5, 0.6) is 17.2 Å². The Morgan fingerprint density at radius 1 is 0.593 bits per heavy atom. The standard InChI is InChI=1S/C41H40O13/c1-3-35(42)48-24-8-6-5-7-23-47-30-18-12-29(13-19-30)41(46)54-34-26-50-38-33(25-49-39(34)38)53-37(44)22-11-27-9-16-32(17-10-27)52-40(45)28-14-20-31(21-15-28)51-36(43)4-2/h3-4,9-22,33-34,38-39H,1-2,5-8,23-26H2/b22-11+/t33-,34+,38+,39+/m0/s1. The molecule has 4 atom stereocenters. The molecule has 0 aliphatic carbocycles. The first-order valence-corrected chi connectivity index (χ1v) is 17.3. The zero-order valence-electron chi connectivity index (χ0n) is 29.4. The highest BCUT2D eigenvalue weighted by molar-refractivity contribution is 5.92. The lowest BCUT2D eigenvalue weighted by atomic mass is 10.1. The van der Waals surface area contributed by atoms with Crippen LogP contribution in [-0.4, -0.2) is 80.7 Å². The van der Waals surface area contributed by atoms with Crippen LogP contribution in [0.2, 0.25) is 0 Å². The van der Waals surface area contributed by atoms with Gasteiger partial charge < -0.3 is 37.9 Å². The molecule has 0 N–H and O–H groups in total. The van der Waals surface area contributed by atoms with Gasteiger partial charge in [-0.05, 0) is 98.0 Å². The van der Waals surface area contributed by atoms with Crippen LogP contribution < -0.4 is 14.2 Å². The quantitative estimate of drug-likeness (QED) is 0.0521. The number of carbonyl (C=O) groups excluding carboxylic acids is 5. The highest BCUT2D eigenvalue weighted by Gasteiger charge is 2.51. The molecule has 13 nitrogen and oxygen atoms in total. The molecule has 2 saturated heterocycles. The normalized spacial score (nSPS) is 18.6. The van der Waals surface area contributed by atoms with E-state index in [1.165, 1.54) is 30.3 Å². The molecule has 5 rings (SSSR count). The van der Waals surface area contributed by atoms with Crippen LogP contribution in [0.3, 0.4) is 0 Å². The minimum absolute atomic E-state index is 0.0839. The maximum atomic E-state index is 12.9. The van der Waals surface area contributed by atoms with E-state index in [9.17, 15) is 24.0 Å². The molecule has 3 aromatic carbocycles. The summed E-state index contributed by atoms with van der Waals surface area (Å²) in [6.07, 6.45) is 5.91. The minimum atomic E-state index is -0.688. The lowest BCUT2D eigenvalue weighted by Gasteiger charge is -2.17. The summed E-state index contributed by atoms with van der Waals surface area (Å²) in [6.45, 7) is 7.76. The molecule has 0 radical (unpaired) electrons. The van der Waals surface area contributed by atoms with Gasteiger partial charge in [-0.3, -0.25) is 0 Å². The Bertz CT molecular complexity index is 1810. The van der Waals surface area contributed by atoms with Crippen molar-refractivity contribution in [2.24, 2.45) is 0 Å². The zero-order valence-corrected chi connectivity index (χ0v) is 29.4. The first kappa shape index (κ1) is 39.2. The van der Waals surface area contributed by atoms with Gasteiger partial charge in [-0.1, -0.05) is 25.3 Å². The second-order valence-corrected chi connectivity index (χ2v) is 12.1. The van der Waals surface area contributed by atoms with Crippen LogP contribution in [0.25, 0.3) is 6.08 Å². The van der Waals surface area contributed by atoms with Gasteiger partial charge in [0.25, 0.3) is 0 Å². The maximum Gasteiger partial charge on any atom is 0.343 e. The van der Waals surface area contributed by atoms with Gasteiger partial charge in [0.2, 0.25) is 0 Å². The van der Waals surface area contributed by atoms with E-state index in [1.807, 2.05) is 0 Å². The highest BCUT2D eigenvalue weighted by atomic mass is 16.7. The Kier molecular flexibility index (Phi) is 14.3. The van der Waals surface area contributed by atoms with Crippen LogP contribution in [0.15, 0.2) is 104 Å². The Hall–Kier alpha value is -6.05. The average molecular weight is 741 g/mol. The van der Waals surface area contributed by atoms with Gasteiger partial charge >= 0.3 is 29.8 Å². The number of fused-ring (bicyclic) bond motifs is 1. The number of ether oxygens (including phenoxy) is 8. The number of benzene rings is 3. The average Bonchev–Trinajstić information content (AvgIpc) is 3.78. The predicted octanol–water partition coefficient (Wildman–Crippen LogP) is 5.61. The Balaban J connectivity index is 0.999. The smallest absolute Gasteiger partial charge is 0.343 e. The van der Waals surface area contributed by atoms with E-state index in [-0.39, 0.29) is 30.3 Å². The first-order valence-electron chi connectivity index (χ1n) is 17.3. The van der Waals surface area contributed by atoms with Crippen molar-refractivity contribution < 1.29 is 61.9 Å². The van der Waals surface area contributed by atoms with Crippen molar-refractivity contribution in [3.8, 4) is 17.2 Å². The number of unbranched alkanes of at least 4 members (excludes halogenated alkanes) is 3. The van der Waals surface area contributed by atoms with Crippen LogP contribution >= 0.6 is 0 Å². The summed E-state index contributed by atoms with van der Waals surface area (Å²) in [4.78, 5) is 60.3. The largest absolute Gasteiger partial charge is 0.494 e. The third kappa shape index (κ3) is 11.5. The molecule has 2 aliphatic heterocycles. The van der Waals surface area contributed by atoms with Crippen LogP contribution in [-0.2, 0) is 38.1 Å². The van der Waals surface area contributed by atoms with Crippen LogP contribution in [0, 0.1) is 0 Å². The molecular formula is C41H40O13. The molecule has 2 heterocycles. The fourth-order valence-electron chi connectivity index (χ4n) is 5.49. The third-order valence-electron chi connectivity index (χ3n) is 8.27. The summed E-state index contributed by atoms with van der Waals surface area (Å²) < 4.78 is 44.0. The monoisotopic (exact) mass is 740 g/mol. The lowest BCUT2D eigenvalue weighted by Crippen LogP contribution is -2.35. The number of hydrogen-bond donors (Lipinski definition) is 0. The van der Waals surface area contributed by atoms with Crippen LogP contribution in [0.1, 0.15) is 52.0 Å². The molecule has 0 bridgehead atoms. The van der Waals surface area contributed by atoms with E-state index in [1.54, 1.807) is 54.6 Å². The molecule has 0 saturated carbocycles. The van der Waals surface area contributed by atoms with E-state index in [0.717, 1.165) is 37.8 Å². The van der Waals surface area contributed by atoms with Gasteiger partial charge in [0, 0.05) is 18.2 Å². The SMILES string of the molecule is C=CC(=O)OCCCCCCOc1ccc(C(=O)O[C@@H]2CO[C@H]3[C@@H]2OC[C@@H]3OC(=O)/C=C/c2ccc(OC(=O)c3ccc(OC(=O)C=C)cc3)cc2)cc1.